The summed E-state index contributed by atoms with van der Waals surface area (Å²) >= 11 is 0. The quantitative estimate of drug-likeness (QED) is 0.536. The van der Waals surface area contributed by atoms with Crippen LogP contribution in [0.4, 0.5) is 4.79 Å². The number of hydrogen-bond donors (Lipinski definition) is 1. The highest BCUT2D eigenvalue weighted by atomic mass is 16.2. The molecule has 1 N–H and O–H groups in total. The first-order valence-electron chi connectivity index (χ1n) is 12.3. The molecule has 2 atom stereocenters. The summed E-state index contributed by atoms with van der Waals surface area (Å²) in [7, 11) is 0. The Morgan fingerprint density at radius 2 is 1.55 bits per heavy atom. The number of piperidine rings is 1. The molecule has 2 aromatic carbocycles. The molecule has 4 nitrogen and oxygen atoms in total. The number of urea groups is 1. The van der Waals surface area contributed by atoms with Gasteiger partial charge < -0.3 is 10.2 Å². The molecule has 2 aromatic rings. The van der Waals surface area contributed by atoms with Gasteiger partial charge in [0.25, 0.3) is 0 Å². The van der Waals surface area contributed by atoms with Crippen LogP contribution < -0.4 is 5.32 Å². The van der Waals surface area contributed by atoms with Gasteiger partial charge in [-0.05, 0) is 56.1 Å². The number of hydrogen-bond acceptors (Lipinski definition) is 2. The number of Topliss-reactive ketones (excluding diaryl/α,β-unsaturated/α-hetero) is 1. The monoisotopic (exact) mass is 448 g/mol. The van der Waals surface area contributed by atoms with Gasteiger partial charge in [-0.25, -0.2) is 4.79 Å². The van der Waals surface area contributed by atoms with Crippen LogP contribution >= 0.6 is 0 Å². The van der Waals surface area contributed by atoms with Crippen molar-refractivity contribution in [2.45, 2.75) is 65.8 Å². The topological polar surface area (TPSA) is 49.4 Å². The van der Waals surface area contributed by atoms with Crippen molar-refractivity contribution in [3.05, 3.63) is 71.8 Å². The summed E-state index contributed by atoms with van der Waals surface area (Å²) in [6, 6.07) is 20.5. The molecule has 0 spiro atoms. The fourth-order valence-corrected chi connectivity index (χ4v) is 5.57. The minimum absolute atomic E-state index is 0.0560. The van der Waals surface area contributed by atoms with Gasteiger partial charge in [-0.3, -0.25) is 4.79 Å². The van der Waals surface area contributed by atoms with Crippen molar-refractivity contribution < 1.29 is 9.59 Å². The molecule has 2 unspecified atom stereocenters. The van der Waals surface area contributed by atoms with E-state index in [0.29, 0.717) is 19.5 Å². The molecule has 1 saturated heterocycles. The van der Waals surface area contributed by atoms with Crippen molar-refractivity contribution in [1.82, 2.24) is 10.2 Å². The van der Waals surface area contributed by atoms with Crippen LogP contribution in [-0.4, -0.2) is 35.3 Å². The Morgan fingerprint density at radius 3 is 2.12 bits per heavy atom. The zero-order chi connectivity index (χ0) is 24.1. The number of carbonyl (C=O) groups excluding carboxylic acids is 2. The van der Waals surface area contributed by atoms with E-state index < -0.39 is 5.54 Å². The number of nitrogens with zero attached hydrogens (tertiary/aromatic N) is 1. The summed E-state index contributed by atoms with van der Waals surface area (Å²) in [6.45, 7) is 11.5. The van der Waals surface area contributed by atoms with Crippen LogP contribution in [0.5, 0.6) is 0 Å². The van der Waals surface area contributed by atoms with Crippen LogP contribution in [0.25, 0.3) is 0 Å². The number of aryl methyl sites for hydroxylation is 1. The van der Waals surface area contributed by atoms with Crippen LogP contribution in [-0.2, 0) is 17.6 Å². The molecule has 1 aliphatic heterocycles. The lowest BCUT2D eigenvalue weighted by Crippen LogP contribution is -2.66. The van der Waals surface area contributed by atoms with Gasteiger partial charge in [0.15, 0.2) is 0 Å². The van der Waals surface area contributed by atoms with E-state index in [4.69, 9.17) is 0 Å². The first-order chi connectivity index (χ1) is 15.6. The normalized spacial score (nSPS) is 20.5. The zero-order valence-electron chi connectivity index (χ0n) is 20.9. The van der Waals surface area contributed by atoms with Crippen molar-refractivity contribution in [2.24, 2.45) is 17.3 Å². The molecule has 1 fully saturated rings. The standard InChI is InChI=1S/C29H40N2O2/c1-28(2,3)26-25(32)24(20-23-17-10-7-11-18-23)21-31(29(26,4)5)27(33)30-19-13-12-16-22-14-8-6-9-15-22/h6-11,14-15,17-18,24,26H,12-13,16,19-21H2,1-5H3,(H,30,33). The van der Waals surface area contributed by atoms with Crippen LogP contribution in [0, 0.1) is 17.3 Å². The predicted octanol–water partition coefficient (Wildman–Crippen LogP) is 5.90. The average Bonchev–Trinajstić information content (AvgIpc) is 2.75. The summed E-state index contributed by atoms with van der Waals surface area (Å²) in [5.41, 5.74) is 1.70. The Hall–Kier alpha value is -2.62. The molecule has 3 rings (SSSR count). The van der Waals surface area contributed by atoms with Gasteiger partial charge in [0.05, 0.1) is 0 Å². The van der Waals surface area contributed by atoms with Gasteiger partial charge in [0, 0.05) is 30.5 Å². The summed E-state index contributed by atoms with van der Waals surface area (Å²) in [5, 5.41) is 3.14. The van der Waals surface area contributed by atoms with Crippen LogP contribution in [0.1, 0.15) is 58.6 Å². The molecule has 4 heteroatoms. The molecule has 0 aromatic heterocycles. The minimum Gasteiger partial charge on any atom is -0.338 e. The Labute approximate surface area is 199 Å². The van der Waals surface area contributed by atoms with Gasteiger partial charge in [0.2, 0.25) is 0 Å². The summed E-state index contributed by atoms with van der Waals surface area (Å²) < 4.78 is 0. The lowest BCUT2D eigenvalue weighted by molar-refractivity contribution is -0.143. The molecule has 178 valence electrons. The number of carbonyl (C=O) groups is 2. The third-order valence-electron chi connectivity index (χ3n) is 6.94. The smallest absolute Gasteiger partial charge is 0.317 e. The predicted molar refractivity (Wildman–Crippen MR) is 135 cm³/mol. The first-order valence-corrected chi connectivity index (χ1v) is 12.3. The van der Waals surface area contributed by atoms with E-state index in [-0.39, 0.29) is 29.1 Å². The molecule has 0 radical (unpaired) electrons. The number of benzene rings is 2. The average molecular weight is 449 g/mol. The maximum Gasteiger partial charge on any atom is 0.317 e. The Bertz CT molecular complexity index is 916. The van der Waals surface area contributed by atoms with E-state index in [0.717, 1.165) is 24.8 Å². The molecule has 1 aliphatic rings. The zero-order valence-corrected chi connectivity index (χ0v) is 20.9. The molecule has 0 bridgehead atoms. The lowest BCUT2D eigenvalue weighted by Gasteiger charge is -2.53. The van der Waals surface area contributed by atoms with E-state index in [9.17, 15) is 9.59 Å². The van der Waals surface area contributed by atoms with Crippen LogP contribution in [0.2, 0.25) is 0 Å². The lowest BCUT2D eigenvalue weighted by atomic mass is 9.62. The molecular formula is C29H40N2O2. The third kappa shape index (κ3) is 6.25. The summed E-state index contributed by atoms with van der Waals surface area (Å²) in [5.74, 6) is -0.131. The highest BCUT2D eigenvalue weighted by molar-refractivity contribution is 5.89. The van der Waals surface area contributed by atoms with Crippen molar-refractivity contribution in [3.8, 4) is 0 Å². The van der Waals surface area contributed by atoms with E-state index in [1.807, 2.05) is 29.2 Å². The van der Waals surface area contributed by atoms with Crippen LogP contribution in [0.3, 0.4) is 0 Å². The Balaban J connectivity index is 1.67. The van der Waals surface area contributed by atoms with E-state index in [1.165, 1.54) is 5.56 Å². The number of likely N-dealkylation sites (tertiary alicyclic amines) is 1. The van der Waals surface area contributed by atoms with Crippen molar-refractivity contribution >= 4 is 11.8 Å². The van der Waals surface area contributed by atoms with Gasteiger partial charge in [-0.1, -0.05) is 81.4 Å². The number of unbranched alkanes of at least 4 members (excludes halogenated alkanes) is 1. The maximum absolute atomic E-state index is 13.6. The van der Waals surface area contributed by atoms with Gasteiger partial charge in [-0.15, -0.1) is 0 Å². The second kappa shape index (κ2) is 10.5. The van der Waals surface area contributed by atoms with Gasteiger partial charge >= 0.3 is 6.03 Å². The molecule has 2 amide bonds. The summed E-state index contributed by atoms with van der Waals surface area (Å²) in [4.78, 5) is 28.9. The fourth-order valence-electron chi connectivity index (χ4n) is 5.57. The van der Waals surface area contributed by atoms with Crippen LogP contribution in [0.15, 0.2) is 60.7 Å². The number of nitrogens with one attached hydrogen (secondary N) is 1. The van der Waals surface area contributed by atoms with E-state index in [1.54, 1.807) is 0 Å². The molecule has 33 heavy (non-hydrogen) atoms. The molecule has 0 aliphatic carbocycles. The highest BCUT2D eigenvalue weighted by Gasteiger charge is 2.53. The first kappa shape index (κ1) is 25.0. The molecule has 0 saturated carbocycles. The number of rotatable bonds is 7. The van der Waals surface area contributed by atoms with Crippen molar-refractivity contribution in [3.63, 3.8) is 0 Å². The second-order valence-electron chi connectivity index (χ2n) is 11.0. The van der Waals surface area contributed by atoms with Gasteiger partial charge in [0.1, 0.15) is 5.78 Å². The van der Waals surface area contributed by atoms with E-state index >= 15 is 0 Å². The SMILES string of the molecule is CC(C)(C)C1C(=O)C(Cc2ccccc2)CN(C(=O)NCCCCc2ccccc2)C1(C)C. The fraction of sp³-hybridized carbons (Fsp3) is 0.517. The number of ketones is 1. The van der Waals surface area contributed by atoms with Gasteiger partial charge in [-0.2, -0.15) is 0 Å². The molecular weight excluding hydrogens is 408 g/mol. The third-order valence-corrected chi connectivity index (χ3v) is 6.94. The maximum atomic E-state index is 13.6. The number of amides is 2. The Kier molecular flexibility index (Phi) is 7.99. The van der Waals surface area contributed by atoms with Crippen molar-refractivity contribution in [1.29, 1.82) is 0 Å². The minimum atomic E-state index is -0.545. The Morgan fingerprint density at radius 1 is 0.970 bits per heavy atom. The molecule has 1 heterocycles. The highest BCUT2D eigenvalue weighted by Crippen LogP contribution is 2.44. The summed E-state index contributed by atoms with van der Waals surface area (Å²) in [6.07, 6.45) is 3.66. The van der Waals surface area contributed by atoms with E-state index in [2.05, 4.69) is 76.3 Å². The second-order valence-corrected chi connectivity index (χ2v) is 11.0. The largest absolute Gasteiger partial charge is 0.338 e. The van der Waals surface area contributed by atoms with Crippen molar-refractivity contribution in [2.75, 3.05) is 13.1 Å².